The predicted octanol–water partition coefficient (Wildman–Crippen LogP) is 5.95. The van der Waals surface area contributed by atoms with Gasteiger partial charge in [0.15, 0.2) is 0 Å². The fourth-order valence-electron chi connectivity index (χ4n) is 2.66. The fourth-order valence-corrected chi connectivity index (χ4v) is 3.05. The van der Waals surface area contributed by atoms with Crippen LogP contribution >= 0.6 is 23.8 Å². The van der Waals surface area contributed by atoms with Gasteiger partial charge < -0.3 is 10.1 Å². The second-order valence-corrected chi connectivity index (χ2v) is 7.07. The average molecular weight is 396 g/mol. The first-order valence-electron chi connectivity index (χ1n) is 8.98. The molecule has 3 rings (SSSR count). The van der Waals surface area contributed by atoms with Gasteiger partial charge in [0.05, 0.1) is 0 Å². The summed E-state index contributed by atoms with van der Waals surface area (Å²) in [6.45, 7) is 3.31. The number of aryl methyl sites for hydroxylation is 1. The Kier molecular flexibility index (Phi) is 6.86. The Hall–Kier alpha value is -2.36. The summed E-state index contributed by atoms with van der Waals surface area (Å²) >= 11 is 11.7. The molecule has 0 aliphatic heterocycles. The van der Waals surface area contributed by atoms with Crippen LogP contribution in [0.1, 0.15) is 29.2 Å². The first-order valence-corrected chi connectivity index (χ1v) is 9.76. The van der Waals surface area contributed by atoms with Crippen LogP contribution in [0.3, 0.4) is 0 Å². The van der Waals surface area contributed by atoms with Crippen molar-refractivity contribution in [2.75, 3.05) is 0 Å². The molecule has 0 spiro atoms. The summed E-state index contributed by atoms with van der Waals surface area (Å²) in [6, 6.07) is 24.1. The van der Waals surface area contributed by atoms with Gasteiger partial charge in [-0.2, -0.15) is 0 Å². The molecule has 138 valence electrons. The molecule has 0 aromatic heterocycles. The number of rotatable bonds is 7. The highest BCUT2D eigenvalue weighted by molar-refractivity contribution is 7.80. The lowest BCUT2D eigenvalue weighted by Gasteiger charge is -2.11. The molecule has 0 unspecified atom stereocenters. The molecule has 0 fully saturated rings. The maximum Gasteiger partial charge on any atom is 0.119 e. The van der Waals surface area contributed by atoms with Crippen LogP contribution in [0.4, 0.5) is 0 Å². The lowest BCUT2D eigenvalue weighted by Crippen LogP contribution is -2.21. The molecule has 0 aliphatic rings. The van der Waals surface area contributed by atoms with Crippen LogP contribution in [0.25, 0.3) is 0 Å². The number of nitrogens with one attached hydrogen (secondary N) is 1. The molecule has 0 amide bonds. The van der Waals surface area contributed by atoms with Crippen molar-refractivity contribution in [1.29, 1.82) is 0 Å². The number of hydrogen-bond donors (Lipinski definition) is 1. The van der Waals surface area contributed by atoms with Gasteiger partial charge in [-0.3, -0.25) is 0 Å². The van der Waals surface area contributed by atoms with Gasteiger partial charge >= 0.3 is 0 Å². The van der Waals surface area contributed by atoms with Gasteiger partial charge in [-0.1, -0.05) is 73.2 Å². The van der Waals surface area contributed by atoms with Crippen molar-refractivity contribution in [1.82, 2.24) is 5.32 Å². The van der Waals surface area contributed by atoms with E-state index < -0.39 is 0 Å². The van der Waals surface area contributed by atoms with Crippen molar-refractivity contribution < 1.29 is 4.74 Å². The third-order valence-electron chi connectivity index (χ3n) is 4.35. The third kappa shape index (κ3) is 5.56. The van der Waals surface area contributed by atoms with Crippen molar-refractivity contribution in [2.24, 2.45) is 0 Å². The van der Waals surface area contributed by atoms with Gasteiger partial charge in [-0.15, -0.1) is 0 Å². The van der Waals surface area contributed by atoms with E-state index in [2.05, 4.69) is 36.5 Å². The van der Waals surface area contributed by atoms with Gasteiger partial charge in [-0.25, -0.2) is 0 Å². The van der Waals surface area contributed by atoms with Crippen molar-refractivity contribution >= 4 is 28.8 Å². The summed E-state index contributed by atoms with van der Waals surface area (Å²) in [5.41, 5.74) is 4.50. The second kappa shape index (κ2) is 9.54. The molecule has 3 aromatic rings. The molecule has 2 nitrogen and oxygen atoms in total. The molecule has 0 bridgehead atoms. The number of halogens is 1. The normalized spacial score (nSPS) is 10.4. The molecule has 27 heavy (non-hydrogen) atoms. The zero-order chi connectivity index (χ0) is 19.1. The monoisotopic (exact) mass is 395 g/mol. The lowest BCUT2D eigenvalue weighted by atomic mass is 10.1. The van der Waals surface area contributed by atoms with Crippen molar-refractivity contribution in [3.63, 3.8) is 0 Å². The fraction of sp³-hybridized carbons (Fsp3) is 0.174. The Morgan fingerprint density at radius 3 is 2.26 bits per heavy atom. The first kappa shape index (κ1) is 19.4. The lowest BCUT2D eigenvalue weighted by molar-refractivity contribution is 0.306. The molecule has 0 aliphatic carbocycles. The predicted molar refractivity (Wildman–Crippen MR) is 117 cm³/mol. The molecule has 1 N–H and O–H groups in total. The summed E-state index contributed by atoms with van der Waals surface area (Å²) in [5.74, 6) is 0.789. The standard InChI is InChI=1S/C23H22ClNOS/c1-2-17-7-9-18(10-8-17)15-25-23(27)19-11-13-21(14-12-19)26-16-20-5-3-4-6-22(20)24/h3-14H,2,15-16H2,1H3,(H,25,27). The molecule has 3 aromatic carbocycles. The van der Waals surface area contributed by atoms with Gasteiger partial charge in [0.1, 0.15) is 17.3 Å². The second-order valence-electron chi connectivity index (χ2n) is 6.26. The van der Waals surface area contributed by atoms with Crippen LogP contribution in [0, 0.1) is 0 Å². The van der Waals surface area contributed by atoms with Crippen LogP contribution in [0.15, 0.2) is 72.8 Å². The molecular formula is C23H22ClNOS. The summed E-state index contributed by atoms with van der Waals surface area (Å²) in [4.78, 5) is 0.729. The quantitative estimate of drug-likeness (QED) is 0.499. The largest absolute Gasteiger partial charge is 0.489 e. The maximum atomic E-state index is 6.15. The Bertz CT molecular complexity index is 891. The van der Waals surface area contributed by atoms with E-state index in [-0.39, 0.29) is 0 Å². The average Bonchev–Trinajstić information content (AvgIpc) is 2.72. The summed E-state index contributed by atoms with van der Waals surface area (Å²) in [7, 11) is 0. The van der Waals surface area contributed by atoms with Gasteiger partial charge in [-0.05, 0) is 47.9 Å². The highest BCUT2D eigenvalue weighted by Gasteiger charge is 2.04. The van der Waals surface area contributed by atoms with E-state index in [0.29, 0.717) is 18.2 Å². The van der Waals surface area contributed by atoms with Crippen LogP contribution in [-0.2, 0) is 19.6 Å². The van der Waals surface area contributed by atoms with Gasteiger partial charge in [0.25, 0.3) is 0 Å². The molecule has 0 heterocycles. The van der Waals surface area contributed by atoms with E-state index in [9.17, 15) is 0 Å². The molecule has 4 heteroatoms. The number of ether oxygens (including phenoxy) is 1. The van der Waals surface area contributed by atoms with Crippen LogP contribution in [0.2, 0.25) is 5.02 Å². The highest BCUT2D eigenvalue weighted by atomic mass is 35.5. The Balaban J connectivity index is 1.52. The minimum Gasteiger partial charge on any atom is -0.489 e. The van der Waals surface area contributed by atoms with Crippen LogP contribution in [-0.4, -0.2) is 4.99 Å². The van der Waals surface area contributed by atoms with Gasteiger partial charge in [0.2, 0.25) is 0 Å². The smallest absolute Gasteiger partial charge is 0.119 e. The van der Waals surface area contributed by atoms with E-state index in [4.69, 9.17) is 28.6 Å². The number of thiocarbonyl (C=S) groups is 1. The highest BCUT2D eigenvalue weighted by Crippen LogP contribution is 2.19. The maximum absolute atomic E-state index is 6.15. The van der Waals surface area contributed by atoms with E-state index in [0.717, 1.165) is 28.3 Å². The SMILES string of the molecule is CCc1ccc(CNC(=S)c2ccc(OCc3ccccc3Cl)cc2)cc1. The minimum absolute atomic E-state index is 0.440. The summed E-state index contributed by atoms with van der Waals surface area (Å²) in [5, 5.41) is 4.02. The summed E-state index contributed by atoms with van der Waals surface area (Å²) in [6.07, 6.45) is 1.05. The van der Waals surface area contributed by atoms with Crippen molar-refractivity contribution in [3.05, 3.63) is 100 Å². The van der Waals surface area contributed by atoms with E-state index in [1.165, 1.54) is 11.1 Å². The third-order valence-corrected chi connectivity index (χ3v) is 5.10. The van der Waals surface area contributed by atoms with Crippen molar-refractivity contribution in [3.8, 4) is 5.75 Å². The zero-order valence-corrected chi connectivity index (χ0v) is 16.8. The Morgan fingerprint density at radius 2 is 1.59 bits per heavy atom. The molecular weight excluding hydrogens is 374 g/mol. The molecule has 0 saturated carbocycles. The molecule has 0 saturated heterocycles. The Morgan fingerprint density at radius 1 is 0.926 bits per heavy atom. The van der Waals surface area contributed by atoms with E-state index in [1.54, 1.807) is 0 Å². The van der Waals surface area contributed by atoms with Crippen LogP contribution < -0.4 is 10.1 Å². The van der Waals surface area contributed by atoms with Crippen molar-refractivity contribution in [2.45, 2.75) is 26.5 Å². The number of benzene rings is 3. The zero-order valence-electron chi connectivity index (χ0n) is 15.2. The minimum atomic E-state index is 0.440. The van der Waals surface area contributed by atoms with E-state index in [1.807, 2.05) is 48.5 Å². The van der Waals surface area contributed by atoms with Gasteiger partial charge in [0, 0.05) is 22.7 Å². The topological polar surface area (TPSA) is 21.3 Å². The number of hydrogen-bond acceptors (Lipinski definition) is 2. The molecule has 0 atom stereocenters. The van der Waals surface area contributed by atoms with E-state index >= 15 is 0 Å². The summed E-state index contributed by atoms with van der Waals surface area (Å²) < 4.78 is 5.81. The van der Waals surface area contributed by atoms with Crippen LogP contribution in [0.5, 0.6) is 5.75 Å². The first-order chi connectivity index (χ1) is 13.2. The Labute approximate surface area is 171 Å². The molecule has 0 radical (unpaired) electrons.